The number of fused-ring (bicyclic) bond motifs is 1. The highest BCUT2D eigenvalue weighted by atomic mass is 79.9. The van der Waals surface area contributed by atoms with E-state index in [-0.39, 0.29) is 5.52 Å². The Hall–Kier alpha value is -2.08. The lowest BCUT2D eigenvalue weighted by molar-refractivity contribution is -0.136. The lowest BCUT2D eigenvalue weighted by atomic mass is 10.1. The quantitative estimate of drug-likeness (QED) is 0.616. The van der Waals surface area contributed by atoms with Crippen LogP contribution < -0.4 is 5.32 Å². The van der Waals surface area contributed by atoms with Crippen LogP contribution in [0.15, 0.2) is 59.2 Å². The maximum Gasteiger partial charge on any atom is 0.418 e. The first-order valence-electron chi connectivity index (χ1n) is 7.38. The van der Waals surface area contributed by atoms with Gasteiger partial charge in [-0.3, -0.25) is 4.98 Å². The second-order valence-corrected chi connectivity index (χ2v) is 6.28. The van der Waals surface area contributed by atoms with E-state index in [0.717, 1.165) is 22.5 Å². The van der Waals surface area contributed by atoms with Gasteiger partial charge in [0.15, 0.2) is 0 Å². The van der Waals surface area contributed by atoms with Gasteiger partial charge in [0, 0.05) is 28.3 Å². The molecule has 1 heterocycles. The minimum Gasteiger partial charge on any atom is -0.384 e. The molecule has 0 saturated carbocycles. The van der Waals surface area contributed by atoms with Crippen LogP contribution in [0.2, 0.25) is 0 Å². The van der Waals surface area contributed by atoms with Crippen LogP contribution in [0.4, 0.5) is 18.9 Å². The Morgan fingerprint density at radius 1 is 1.00 bits per heavy atom. The van der Waals surface area contributed by atoms with Gasteiger partial charge < -0.3 is 5.32 Å². The number of aromatic nitrogens is 1. The topological polar surface area (TPSA) is 24.9 Å². The summed E-state index contributed by atoms with van der Waals surface area (Å²) >= 11 is 3.39. The van der Waals surface area contributed by atoms with Crippen LogP contribution in [0.1, 0.15) is 11.1 Å². The standard InChI is InChI=1S/C18H14BrF3N2/c19-13-6-4-12(5-7-13)8-10-23-16-9-11-24-17-14(16)2-1-3-15(17)18(20,21)22/h1-7,9,11H,8,10H2,(H,23,24). The van der Waals surface area contributed by atoms with Crippen molar-refractivity contribution in [3.05, 3.63) is 70.3 Å². The number of alkyl halides is 3. The summed E-state index contributed by atoms with van der Waals surface area (Å²) in [5.74, 6) is 0. The molecule has 1 aromatic heterocycles. The van der Waals surface area contributed by atoms with Crippen molar-refractivity contribution in [2.75, 3.05) is 11.9 Å². The molecule has 0 aliphatic rings. The van der Waals surface area contributed by atoms with Crippen LogP contribution in [0.5, 0.6) is 0 Å². The van der Waals surface area contributed by atoms with Crippen molar-refractivity contribution in [3.8, 4) is 0 Å². The Morgan fingerprint density at radius 3 is 2.46 bits per heavy atom. The summed E-state index contributed by atoms with van der Waals surface area (Å²) in [4.78, 5) is 3.92. The minimum atomic E-state index is -4.41. The van der Waals surface area contributed by atoms with Crippen LogP contribution >= 0.6 is 15.9 Å². The largest absolute Gasteiger partial charge is 0.418 e. The van der Waals surface area contributed by atoms with Gasteiger partial charge in [-0.05, 0) is 36.2 Å². The molecule has 0 spiro atoms. The number of hydrogen-bond acceptors (Lipinski definition) is 2. The second-order valence-electron chi connectivity index (χ2n) is 5.36. The smallest absolute Gasteiger partial charge is 0.384 e. The average molecular weight is 395 g/mol. The van der Waals surface area contributed by atoms with Gasteiger partial charge in [0.25, 0.3) is 0 Å². The van der Waals surface area contributed by atoms with Crippen molar-refractivity contribution >= 4 is 32.5 Å². The van der Waals surface area contributed by atoms with Crippen LogP contribution in [-0.2, 0) is 12.6 Å². The van der Waals surface area contributed by atoms with E-state index in [2.05, 4.69) is 26.2 Å². The molecular formula is C18H14BrF3N2. The molecule has 3 aromatic rings. The van der Waals surface area contributed by atoms with E-state index < -0.39 is 11.7 Å². The Morgan fingerprint density at radius 2 is 1.75 bits per heavy atom. The van der Waals surface area contributed by atoms with Crippen LogP contribution in [0.3, 0.4) is 0 Å². The molecular weight excluding hydrogens is 381 g/mol. The Kier molecular flexibility index (Phi) is 4.76. The third-order valence-corrected chi connectivity index (χ3v) is 4.25. The fraction of sp³-hybridized carbons (Fsp3) is 0.167. The van der Waals surface area contributed by atoms with E-state index in [0.29, 0.717) is 17.6 Å². The number of nitrogens with one attached hydrogen (secondary N) is 1. The van der Waals surface area contributed by atoms with Gasteiger partial charge in [-0.1, -0.05) is 40.2 Å². The molecule has 2 aromatic carbocycles. The van der Waals surface area contributed by atoms with Gasteiger partial charge in [0.1, 0.15) is 0 Å². The van der Waals surface area contributed by atoms with Crippen molar-refractivity contribution in [2.24, 2.45) is 0 Å². The second kappa shape index (κ2) is 6.81. The van der Waals surface area contributed by atoms with E-state index in [4.69, 9.17) is 0 Å². The average Bonchev–Trinajstić information content (AvgIpc) is 2.55. The molecule has 0 atom stereocenters. The molecule has 0 fully saturated rings. The Bertz CT molecular complexity index is 845. The van der Waals surface area contributed by atoms with Gasteiger partial charge in [-0.25, -0.2) is 0 Å². The third-order valence-electron chi connectivity index (χ3n) is 3.72. The van der Waals surface area contributed by atoms with Crippen molar-refractivity contribution in [1.29, 1.82) is 0 Å². The number of para-hydroxylation sites is 1. The molecule has 6 heteroatoms. The van der Waals surface area contributed by atoms with Crippen LogP contribution in [-0.4, -0.2) is 11.5 Å². The number of nitrogens with zero attached hydrogens (tertiary/aromatic N) is 1. The monoisotopic (exact) mass is 394 g/mol. The first kappa shape index (κ1) is 16.8. The molecule has 1 N–H and O–H groups in total. The van der Waals surface area contributed by atoms with Crippen LogP contribution in [0.25, 0.3) is 10.9 Å². The van der Waals surface area contributed by atoms with E-state index in [1.165, 1.54) is 12.3 Å². The predicted molar refractivity (Wildman–Crippen MR) is 93.1 cm³/mol. The molecule has 2 nitrogen and oxygen atoms in total. The SMILES string of the molecule is FC(F)(F)c1cccc2c(NCCc3ccc(Br)cc3)ccnc12. The van der Waals surface area contributed by atoms with Crippen molar-refractivity contribution in [2.45, 2.75) is 12.6 Å². The van der Waals surface area contributed by atoms with Gasteiger partial charge in [0.05, 0.1) is 11.1 Å². The summed E-state index contributed by atoms with van der Waals surface area (Å²) in [6, 6.07) is 13.8. The molecule has 0 unspecified atom stereocenters. The zero-order valence-corrected chi connectivity index (χ0v) is 14.2. The van der Waals surface area contributed by atoms with Gasteiger partial charge in [-0.2, -0.15) is 13.2 Å². The number of rotatable bonds is 4. The molecule has 24 heavy (non-hydrogen) atoms. The zero-order valence-electron chi connectivity index (χ0n) is 12.6. The summed E-state index contributed by atoms with van der Waals surface area (Å²) in [6.45, 7) is 0.622. The number of pyridine rings is 1. The summed E-state index contributed by atoms with van der Waals surface area (Å²) in [6.07, 6.45) is -2.24. The molecule has 0 aliphatic carbocycles. The highest BCUT2D eigenvalue weighted by Gasteiger charge is 2.33. The number of benzene rings is 2. The first-order valence-corrected chi connectivity index (χ1v) is 8.18. The van der Waals surface area contributed by atoms with Crippen LogP contribution in [0, 0.1) is 0 Å². The number of anilines is 1. The summed E-state index contributed by atoms with van der Waals surface area (Å²) < 4.78 is 40.3. The maximum atomic E-state index is 13.1. The molecule has 124 valence electrons. The molecule has 0 saturated heterocycles. The normalized spacial score (nSPS) is 11.7. The van der Waals surface area contributed by atoms with Gasteiger partial charge in [0.2, 0.25) is 0 Å². The van der Waals surface area contributed by atoms with E-state index in [1.54, 1.807) is 12.1 Å². The molecule has 0 bridgehead atoms. The Labute approximate surface area is 145 Å². The lowest BCUT2D eigenvalue weighted by Gasteiger charge is -2.13. The molecule has 3 rings (SSSR count). The summed E-state index contributed by atoms with van der Waals surface area (Å²) in [7, 11) is 0. The van der Waals surface area contributed by atoms with E-state index >= 15 is 0 Å². The fourth-order valence-corrected chi connectivity index (χ4v) is 2.82. The maximum absolute atomic E-state index is 13.1. The molecule has 0 radical (unpaired) electrons. The molecule has 0 aliphatic heterocycles. The number of hydrogen-bond donors (Lipinski definition) is 1. The fourth-order valence-electron chi connectivity index (χ4n) is 2.55. The summed E-state index contributed by atoms with van der Waals surface area (Å²) in [5.41, 5.74) is 1.07. The number of halogens is 4. The lowest BCUT2D eigenvalue weighted by Crippen LogP contribution is -2.08. The van der Waals surface area contributed by atoms with Crippen molar-refractivity contribution in [3.63, 3.8) is 0 Å². The molecule has 0 amide bonds. The third kappa shape index (κ3) is 3.70. The zero-order chi connectivity index (χ0) is 17.2. The van der Waals surface area contributed by atoms with Crippen molar-refractivity contribution in [1.82, 2.24) is 4.98 Å². The minimum absolute atomic E-state index is 0.0290. The van der Waals surface area contributed by atoms with E-state index in [9.17, 15) is 13.2 Å². The van der Waals surface area contributed by atoms with Gasteiger partial charge in [-0.15, -0.1) is 0 Å². The first-order chi connectivity index (χ1) is 11.4. The summed E-state index contributed by atoms with van der Waals surface area (Å²) in [5, 5.41) is 3.69. The highest BCUT2D eigenvalue weighted by molar-refractivity contribution is 9.10. The van der Waals surface area contributed by atoms with E-state index in [1.807, 2.05) is 24.3 Å². The Balaban J connectivity index is 1.81. The predicted octanol–water partition coefficient (Wildman–Crippen LogP) is 5.67. The van der Waals surface area contributed by atoms with Crippen molar-refractivity contribution < 1.29 is 13.2 Å². The highest BCUT2D eigenvalue weighted by Crippen LogP contribution is 2.35. The van der Waals surface area contributed by atoms with Gasteiger partial charge >= 0.3 is 6.18 Å².